The topological polar surface area (TPSA) is 287 Å². The molecule has 0 unspecified atom stereocenters. The van der Waals surface area contributed by atoms with Crippen LogP contribution in [0.3, 0.4) is 0 Å². The van der Waals surface area contributed by atoms with E-state index >= 15 is 0 Å². The van der Waals surface area contributed by atoms with E-state index in [1.54, 1.807) is 135 Å². The minimum Gasteiger partial charge on any atom is -0.838 e. The van der Waals surface area contributed by atoms with Crippen LogP contribution in [0.25, 0.3) is 22.3 Å². The molecule has 14 nitrogen and oxygen atoms in total. The number of fused-ring (bicyclic) bond motifs is 6. The van der Waals surface area contributed by atoms with E-state index in [-0.39, 0.29) is 67.3 Å². The number of aromatic amines is 2. The molecule has 52 heavy (non-hydrogen) atoms. The Labute approximate surface area is 320 Å². The Hall–Kier alpha value is -4.96. The summed E-state index contributed by atoms with van der Waals surface area (Å²) in [6.45, 7) is 0. The van der Waals surface area contributed by atoms with Gasteiger partial charge in [0, 0.05) is 50.9 Å². The zero-order valence-corrected chi connectivity index (χ0v) is 29.4. The van der Waals surface area contributed by atoms with Gasteiger partial charge in [-0.1, -0.05) is 97.1 Å². The van der Waals surface area contributed by atoms with Gasteiger partial charge < -0.3 is 61.1 Å². The summed E-state index contributed by atoms with van der Waals surface area (Å²) in [5, 5.41) is 61.6. The molecule has 0 spiro atoms. The smallest absolute Gasteiger partial charge is 0.838 e. The van der Waals surface area contributed by atoms with Gasteiger partial charge in [0.1, 0.15) is 0 Å². The average Bonchev–Trinajstić information content (AvgIpc) is 3.98. The van der Waals surface area contributed by atoms with Gasteiger partial charge >= 0.3 is 34.1 Å². The molecule has 16 heteroatoms. The summed E-state index contributed by atoms with van der Waals surface area (Å²) in [6.07, 6.45) is 10.2. The van der Waals surface area contributed by atoms with Gasteiger partial charge in [-0.3, -0.25) is 0 Å². The first-order valence-corrected chi connectivity index (χ1v) is 14.3. The van der Waals surface area contributed by atoms with E-state index in [1.807, 2.05) is 0 Å². The molecule has 0 aliphatic heterocycles. The summed E-state index contributed by atoms with van der Waals surface area (Å²) < 4.78 is 0. The number of benzene rings is 4. The van der Waals surface area contributed by atoms with E-state index in [1.165, 1.54) is 0 Å². The van der Waals surface area contributed by atoms with Gasteiger partial charge in [-0.2, -0.15) is 0 Å². The van der Waals surface area contributed by atoms with E-state index in [0.29, 0.717) is 22.3 Å². The molecule has 8 rings (SSSR count). The minimum absolute atomic E-state index is 0. The molecule has 2 heterocycles. The number of nitrogens with one attached hydrogen (secondary N) is 2. The van der Waals surface area contributed by atoms with Gasteiger partial charge in [-0.15, -0.1) is 0 Å². The molecule has 6 aromatic rings. The molecule has 2 aromatic heterocycles. The van der Waals surface area contributed by atoms with E-state index in [4.69, 9.17) is 10.2 Å². The first-order chi connectivity index (χ1) is 23.3. The summed E-state index contributed by atoms with van der Waals surface area (Å²) in [5.41, 5.74) is -0.778. The van der Waals surface area contributed by atoms with E-state index < -0.39 is 23.1 Å². The van der Waals surface area contributed by atoms with Crippen molar-refractivity contribution in [2.24, 2.45) is 0 Å². The first kappa shape index (κ1) is 49.2. The summed E-state index contributed by atoms with van der Waals surface area (Å²) in [6, 6.07) is 27.1. The van der Waals surface area contributed by atoms with E-state index in [0.717, 1.165) is 14.2 Å². The van der Waals surface area contributed by atoms with Crippen LogP contribution < -0.4 is 20.4 Å². The maximum Gasteiger partial charge on any atom is 2.00 e. The zero-order chi connectivity index (χ0) is 35.2. The molecule has 2 radical (unpaired) electrons. The monoisotopic (exact) mass is 810 g/mol. The van der Waals surface area contributed by atoms with E-state index in [2.05, 4.69) is 19.9 Å². The number of hydrogen-bond acceptors (Lipinski definition) is 10. The molecule has 0 saturated carbocycles. The fraction of sp³-hybridized carbons (Fsp3) is 0.111. The molecule has 4 aromatic carbocycles. The Morgan fingerprint density at radius 3 is 0.904 bits per heavy atom. The standard InChI is InChI=1S/2C14H9O3.2C3H4N2.2CH4O.2Cu.2H2O/c2*15-13(16)14(17)11-7-3-1-5-9(11)10-6-2-4-8-12(10)14;2*1-2-5-3-4-1;2*1-2;;;;/h2*1-8H,(H,15,16);2*1-3H,(H,4,5);2*2H,1H3;;;2*1H2/q2*-1;;;;;2*+2;;/p-2. The molecule has 2 aliphatic rings. The Morgan fingerprint density at radius 1 is 0.519 bits per heavy atom. The second-order valence-corrected chi connectivity index (χ2v) is 9.64. The van der Waals surface area contributed by atoms with Crippen LogP contribution in [0.1, 0.15) is 22.3 Å². The summed E-state index contributed by atoms with van der Waals surface area (Å²) in [7, 11) is 2.00. The molecule has 282 valence electrons. The number of carboxylic acids is 2. The third kappa shape index (κ3) is 10.1. The Kier molecular flexibility index (Phi) is 22.2. The van der Waals surface area contributed by atoms with Crippen molar-refractivity contribution in [3.8, 4) is 22.3 Å². The van der Waals surface area contributed by atoms with Crippen molar-refractivity contribution in [2.45, 2.75) is 11.2 Å². The molecular formula is C36H36Cu2N4O10. The summed E-state index contributed by atoms with van der Waals surface area (Å²) in [4.78, 5) is 35.3. The van der Waals surface area contributed by atoms with Crippen LogP contribution in [0, 0.1) is 0 Å². The molecule has 0 bridgehead atoms. The zero-order valence-electron chi connectivity index (χ0n) is 27.5. The second-order valence-electron chi connectivity index (χ2n) is 9.64. The number of aliphatic hydroxyl groups excluding tert-OH is 2. The maximum absolute atomic E-state index is 12.6. The van der Waals surface area contributed by atoms with Crippen LogP contribution in [0.4, 0.5) is 0 Å². The Morgan fingerprint density at radius 2 is 0.750 bits per heavy atom. The fourth-order valence-electron chi connectivity index (χ4n) is 5.26. The van der Waals surface area contributed by atoms with Crippen molar-refractivity contribution < 1.29 is 85.3 Å². The number of carboxylic acid groups (broad SMARTS) is 2. The SMILES string of the molecule is CO.CO.O.O.O=C([O-])C1([O-])c2ccccc2-c2ccccc21.O=C([O-])C1([O-])c2ccccc2-c2ccccc21.[Cu+2].[Cu+2].c1c[nH]cn1.c1c[nH]cn1. The molecule has 0 amide bonds. The quantitative estimate of drug-likeness (QED) is 0.146. The fourth-order valence-corrected chi connectivity index (χ4v) is 5.26. The van der Waals surface area contributed by atoms with Gasteiger partial charge in [0.05, 0.1) is 12.7 Å². The van der Waals surface area contributed by atoms with Crippen molar-refractivity contribution in [2.75, 3.05) is 14.2 Å². The maximum atomic E-state index is 12.6. The summed E-state index contributed by atoms with van der Waals surface area (Å²) in [5.74, 6) is -3.20. The van der Waals surface area contributed by atoms with Crippen molar-refractivity contribution in [3.05, 3.63) is 157 Å². The number of carbonyl (C=O) groups excluding carboxylic acids is 2. The van der Waals surface area contributed by atoms with Crippen molar-refractivity contribution >= 4 is 11.9 Å². The molecule has 0 saturated heterocycles. The number of rotatable bonds is 2. The summed E-state index contributed by atoms with van der Waals surface area (Å²) >= 11 is 0. The molecular weight excluding hydrogens is 776 g/mol. The number of imidazole rings is 2. The van der Waals surface area contributed by atoms with Crippen LogP contribution in [0.15, 0.2) is 135 Å². The van der Waals surface area contributed by atoms with Gasteiger partial charge in [0.15, 0.2) is 0 Å². The van der Waals surface area contributed by atoms with Gasteiger partial charge in [0.25, 0.3) is 0 Å². The largest absolute Gasteiger partial charge is 2.00 e. The van der Waals surface area contributed by atoms with Crippen LogP contribution >= 0.6 is 0 Å². The number of aromatic nitrogens is 4. The molecule has 0 fully saturated rings. The normalized spacial score (nSPS) is 11.7. The predicted molar refractivity (Wildman–Crippen MR) is 176 cm³/mol. The average molecular weight is 812 g/mol. The van der Waals surface area contributed by atoms with Gasteiger partial charge in [-0.25, -0.2) is 9.97 Å². The van der Waals surface area contributed by atoms with Crippen LogP contribution in [-0.2, 0) is 54.9 Å². The van der Waals surface area contributed by atoms with Gasteiger partial charge in [-0.05, 0) is 55.7 Å². The van der Waals surface area contributed by atoms with Crippen molar-refractivity contribution in [1.29, 1.82) is 0 Å². The number of hydrogen-bond donors (Lipinski definition) is 4. The first-order valence-electron chi connectivity index (χ1n) is 14.3. The Bertz CT molecular complexity index is 1630. The number of H-pyrrole nitrogens is 2. The Balaban J connectivity index is 0. The van der Waals surface area contributed by atoms with Crippen molar-refractivity contribution in [1.82, 2.24) is 19.9 Å². The molecule has 0 atom stereocenters. The van der Waals surface area contributed by atoms with Crippen LogP contribution in [-0.4, -0.2) is 67.3 Å². The minimum atomic E-state index is -2.28. The second kappa shape index (κ2) is 23.5. The number of carbonyl (C=O) groups is 2. The predicted octanol–water partition coefficient (Wildman–Crippen LogP) is -1.58. The van der Waals surface area contributed by atoms with Gasteiger partial charge in [0.2, 0.25) is 0 Å². The van der Waals surface area contributed by atoms with Crippen molar-refractivity contribution in [3.63, 3.8) is 0 Å². The van der Waals surface area contributed by atoms with Crippen LogP contribution in [0.2, 0.25) is 0 Å². The third-order valence-electron chi connectivity index (χ3n) is 7.19. The molecule has 2 aliphatic carbocycles. The third-order valence-corrected chi connectivity index (χ3v) is 7.19. The number of aliphatic carboxylic acids is 2. The van der Waals surface area contributed by atoms with Crippen LogP contribution in [0.5, 0.6) is 0 Å². The molecule has 8 N–H and O–H groups in total. The number of aliphatic hydroxyl groups is 2. The van der Waals surface area contributed by atoms with E-state index in [9.17, 15) is 30.0 Å². The number of nitrogens with zero attached hydrogens (tertiary/aromatic N) is 2.